The van der Waals surface area contributed by atoms with Gasteiger partial charge >= 0.3 is 0 Å². The SMILES string of the molecule is CC1(C)c2cc(-c3ccccc3)ccc2N(c2c(C#N)c(C#N)c3c(c2C#N)C(C)(C)C2(c4ccccc4-c4ccccc42)C3(C)C)c2cccnc21. The highest BCUT2D eigenvalue weighted by molar-refractivity contribution is 5.95. The monoisotopic (exact) mass is 683 g/mol. The van der Waals surface area contributed by atoms with E-state index in [1.807, 2.05) is 35.2 Å². The van der Waals surface area contributed by atoms with Crippen molar-refractivity contribution < 1.29 is 0 Å². The van der Waals surface area contributed by atoms with Crippen molar-refractivity contribution in [1.82, 2.24) is 4.98 Å². The first-order valence-corrected chi connectivity index (χ1v) is 18.1. The molecule has 0 saturated carbocycles. The van der Waals surface area contributed by atoms with Gasteiger partial charge in [-0.1, -0.05) is 113 Å². The minimum atomic E-state index is -0.694. The zero-order valence-corrected chi connectivity index (χ0v) is 30.7. The molecule has 1 aromatic heterocycles. The molecule has 0 N–H and O–H groups in total. The Kier molecular flexibility index (Phi) is 6.59. The van der Waals surface area contributed by atoms with Crippen molar-refractivity contribution in [3.8, 4) is 40.5 Å². The molecule has 0 amide bonds. The molecule has 5 nitrogen and oxygen atoms in total. The van der Waals surface area contributed by atoms with E-state index < -0.39 is 21.7 Å². The molecule has 2 aliphatic carbocycles. The fourth-order valence-electron chi connectivity index (χ4n) is 10.9. The number of pyridine rings is 1. The van der Waals surface area contributed by atoms with Crippen LogP contribution in [-0.4, -0.2) is 4.98 Å². The maximum absolute atomic E-state index is 11.5. The Hall–Kier alpha value is -6.48. The quantitative estimate of drug-likeness (QED) is 0.181. The van der Waals surface area contributed by atoms with E-state index in [2.05, 4.69) is 139 Å². The Morgan fingerprint density at radius 1 is 0.528 bits per heavy atom. The second kappa shape index (κ2) is 10.8. The fraction of sp³-hybridized carbons (Fsp3) is 0.208. The first-order chi connectivity index (χ1) is 25.5. The molecule has 53 heavy (non-hydrogen) atoms. The maximum atomic E-state index is 11.5. The van der Waals surface area contributed by atoms with E-state index in [4.69, 9.17) is 4.98 Å². The summed E-state index contributed by atoms with van der Waals surface area (Å²) in [6.07, 6.45) is 1.80. The van der Waals surface area contributed by atoms with Gasteiger partial charge in [-0.2, -0.15) is 15.8 Å². The van der Waals surface area contributed by atoms with Gasteiger partial charge in [-0.3, -0.25) is 4.98 Å². The molecule has 3 aliphatic rings. The molecule has 2 heterocycles. The van der Waals surface area contributed by atoms with E-state index in [9.17, 15) is 15.8 Å². The van der Waals surface area contributed by atoms with E-state index >= 15 is 0 Å². The smallest absolute Gasteiger partial charge is 0.103 e. The number of aromatic nitrogens is 1. The number of benzene rings is 5. The third-order valence-electron chi connectivity index (χ3n) is 12.7. The van der Waals surface area contributed by atoms with Gasteiger partial charge in [0.2, 0.25) is 0 Å². The summed E-state index contributed by atoms with van der Waals surface area (Å²) in [5.41, 5.74) is 10.8. The van der Waals surface area contributed by atoms with Gasteiger partial charge in [-0.05, 0) is 88.2 Å². The molecular formula is C48H37N5. The average molecular weight is 684 g/mol. The average Bonchev–Trinajstić information content (AvgIpc) is 3.56. The van der Waals surface area contributed by atoms with Gasteiger partial charge in [-0.25, -0.2) is 0 Å². The van der Waals surface area contributed by atoms with Crippen LogP contribution < -0.4 is 4.90 Å². The molecule has 0 unspecified atom stereocenters. The van der Waals surface area contributed by atoms with Crippen molar-refractivity contribution in [2.45, 2.75) is 63.2 Å². The summed E-state index contributed by atoms with van der Waals surface area (Å²) >= 11 is 0. The van der Waals surface area contributed by atoms with Crippen LogP contribution in [0, 0.1) is 34.0 Å². The second-order valence-corrected chi connectivity index (χ2v) is 16.1. The number of hydrogen-bond acceptors (Lipinski definition) is 5. The minimum Gasteiger partial charge on any atom is -0.306 e. The van der Waals surface area contributed by atoms with Gasteiger partial charge in [0, 0.05) is 27.9 Å². The largest absolute Gasteiger partial charge is 0.306 e. The van der Waals surface area contributed by atoms with E-state index in [0.717, 1.165) is 56.0 Å². The number of fused-ring (bicyclic) bond motifs is 8. The molecule has 0 atom stereocenters. The standard InChI is InChI=1S/C48H37N5/c1-45(2)38-25-30(29-15-8-7-9-16-29)22-23-39(38)53(40-21-14-24-52-44(40)45)43-34(27-50)33(26-49)41-42(35(43)28-51)47(5,6)48(46(41,3)4)36-19-12-10-17-31(36)32-18-11-13-20-37(32)48/h7-25H,1-6H3. The van der Waals surface area contributed by atoms with Crippen LogP contribution in [0.5, 0.6) is 0 Å². The third-order valence-corrected chi connectivity index (χ3v) is 12.7. The Morgan fingerprint density at radius 2 is 1.09 bits per heavy atom. The molecule has 1 spiro atoms. The van der Waals surface area contributed by atoms with Crippen LogP contribution in [-0.2, 0) is 21.7 Å². The van der Waals surface area contributed by atoms with E-state index in [0.29, 0.717) is 16.8 Å². The summed E-state index contributed by atoms with van der Waals surface area (Å²) in [6, 6.07) is 45.4. The zero-order chi connectivity index (χ0) is 37.1. The highest BCUT2D eigenvalue weighted by Gasteiger charge is 2.69. The van der Waals surface area contributed by atoms with Gasteiger partial charge in [0.05, 0.1) is 39.4 Å². The number of rotatable bonds is 2. The summed E-state index contributed by atoms with van der Waals surface area (Å²) in [4.78, 5) is 7.00. The van der Waals surface area contributed by atoms with Crippen LogP contribution in [0.2, 0.25) is 0 Å². The van der Waals surface area contributed by atoms with E-state index in [-0.39, 0.29) is 5.56 Å². The highest BCUT2D eigenvalue weighted by Crippen LogP contribution is 2.72. The molecule has 9 rings (SSSR count). The lowest BCUT2D eigenvalue weighted by Crippen LogP contribution is -2.51. The van der Waals surface area contributed by atoms with Gasteiger partial charge in [0.15, 0.2) is 0 Å². The maximum Gasteiger partial charge on any atom is 0.103 e. The van der Waals surface area contributed by atoms with Crippen molar-refractivity contribution in [1.29, 1.82) is 15.8 Å². The topological polar surface area (TPSA) is 87.5 Å². The lowest BCUT2D eigenvalue weighted by Gasteiger charge is -2.49. The van der Waals surface area contributed by atoms with Gasteiger partial charge < -0.3 is 4.90 Å². The Morgan fingerprint density at radius 3 is 1.70 bits per heavy atom. The van der Waals surface area contributed by atoms with Crippen molar-refractivity contribution in [3.63, 3.8) is 0 Å². The molecule has 0 fully saturated rings. The van der Waals surface area contributed by atoms with Crippen LogP contribution >= 0.6 is 0 Å². The molecule has 5 aromatic carbocycles. The Balaban J connectivity index is 1.42. The molecule has 0 bridgehead atoms. The minimum absolute atomic E-state index is 0.205. The first kappa shape index (κ1) is 32.4. The lowest BCUT2D eigenvalue weighted by molar-refractivity contribution is 0.231. The normalized spacial score (nSPS) is 17.0. The molecule has 5 heteroatoms. The van der Waals surface area contributed by atoms with Crippen LogP contribution in [0.1, 0.15) is 91.7 Å². The van der Waals surface area contributed by atoms with Crippen molar-refractivity contribution in [2.24, 2.45) is 0 Å². The fourth-order valence-corrected chi connectivity index (χ4v) is 10.9. The summed E-state index contributed by atoms with van der Waals surface area (Å²) < 4.78 is 0. The zero-order valence-electron chi connectivity index (χ0n) is 30.7. The van der Waals surface area contributed by atoms with Crippen LogP contribution in [0.15, 0.2) is 115 Å². The first-order valence-electron chi connectivity index (χ1n) is 18.1. The number of anilines is 3. The molecule has 1 aliphatic heterocycles. The predicted octanol–water partition coefficient (Wildman–Crippen LogP) is 11.0. The Labute approximate surface area is 311 Å². The predicted molar refractivity (Wildman–Crippen MR) is 209 cm³/mol. The van der Waals surface area contributed by atoms with Gasteiger partial charge in [0.1, 0.15) is 18.2 Å². The Bertz CT molecular complexity index is 2650. The second-order valence-electron chi connectivity index (χ2n) is 16.1. The number of nitrogens with zero attached hydrogens (tertiary/aromatic N) is 5. The van der Waals surface area contributed by atoms with Gasteiger partial charge in [0.25, 0.3) is 0 Å². The number of hydrogen-bond donors (Lipinski definition) is 0. The van der Waals surface area contributed by atoms with Crippen molar-refractivity contribution in [2.75, 3.05) is 4.90 Å². The van der Waals surface area contributed by atoms with Crippen molar-refractivity contribution >= 4 is 17.1 Å². The summed E-state index contributed by atoms with van der Waals surface area (Å²) in [6.45, 7) is 13.2. The third kappa shape index (κ3) is 3.76. The summed E-state index contributed by atoms with van der Waals surface area (Å²) in [7, 11) is 0. The molecule has 254 valence electrons. The summed E-state index contributed by atoms with van der Waals surface area (Å²) in [5.74, 6) is 0. The molecule has 0 radical (unpaired) electrons. The highest BCUT2D eigenvalue weighted by atomic mass is 15.2. The lowest BCUT2D eigenvalue weighted by atomic mass is 9.52. The number of nitriles is 3. The summed E-state index contributed by atoms with van der Waals surface area (Å²) in [5, 5.41) is 34.0. The van der Waals surface area contributed by atoms with Gasteiger partial charge in [-0.15, -0.1) is 0 Å². The van der Waals surface area contributed by atoms with Crippen LogP contribution in [0.4, 0.5) is 17.1 Å². The molecule has 6 aromatic rings. The van der Waals surface area contributed by atoms with E-state index in [1.54, 1.807) is 6.20 Å². The van der Waals surface area contributed by atoms with Crippen molar-refractivity contribution in [3.05, 3.63) is 166 Å². The molecule has 0 saturated heterocycles. The molecular weight excluding hydrogens is 647 g/mol. The van der Waals surface area contributed by atoms with Crippen LogP contribution in [0.25, 0.3) is 22.3 Å². The van der Waals surface area contributed by atoms with E-state index in [1.165, 1.54) is 11.1 Å². The van der Waals surface area contributed by atoms with Crippen LogP contribution in [0.3, 0.4) is 0 Å².